The third kappa shape index (κ3) is 11.0. The van der Waals surface area contributed by atoms with Crippen LogP contribution in [-0.4, -0.2) is 87.5 Å². The number of rotatable bonds is 21. The monoisotopic (exact) mass is 731 g/mol. The van der Waals surface area contributed by atoms with Crippen molar-refractivity contribution in [2.75, 3.05) is 68.1 Å². The fourth-order valence-electron chi connectivity index (χ4n) is 5.69. The fraction of sp³-hybridized carbons (Fsp3) is 0.441. The van der Waals surface area contributed by atoms with Gasteiger partial charge in [-0.25, -0.2) is 0 Å². The van der Waals surface area contributed by atoms with E-state index in [2.05, 4.69) is 86.9 Å². The third-order valence-electron chi connectivity index (χ3n) is 8.44. The zero-order chi connectivity index (χ0) is 32.7. The molecule has 2 heterocycles. The number of nitrogens with zero attached hydrogens (tertiary/aromatic N) is 4. The number of nitrogens with two attached hydrogens (primary N) is 1. The molecule has 0 spiro atoms. The van der Waals surface area contributed by atoms with Crippen LogP contribution in [0.1, 0.15) is 23.6 Å². The van der Waals surface area contributed by atoms with Crippen LogP contribution < -0.4 is 10.5 Å². The van der Waals surface area contributed by atoms with Crippen molar-refractivity contribution < 1.29 is 14.2 Å². The molecule has 1 aliphatic carbocycles. The van der Waals surface area contributed by atoms with Crippen LogP contribution in [0.4, 0.5) is 5.95 Å². The first kappa shape index (κ1) is 36.4. The Morgan fingerprint density at radius 3 is 1.96 bits per heavy atom. The van der Waals surface area contributed by atoms with Crippen LogP contribution in [0.15, 0.2) is 79.1 Å². The zero-order valence-corrected chi connectivity index (χ0v) is 31.4. The molecule has 8 nitrogen and oxygen atoms in total. The van der Waals surface area contributed by atoms with Gasteiger partial charge in [0.25, 0.3) is 0 Å². The number of methoxy groups -OCH3 is 1. The van der Waals surface area contributed by atoms with E-state index in [0.717, 1.165) is 36.8 Å². The van der Waals surface area contributed by atoms with Crippen molar-refractivity contribution >= 4 is 67.6 Å². The van der Waals surface area contributed by atoms with Crippen LogP contribution in [0.25, 0.3) is 11.2 Å². The molecule has 2 N–H and O–H groups in total. The van der Waals surface area contributed by atoms with Gasteiger partial charge < -0.3 is 0 Å². The quantitative estimate of drug-likeness (QED) is 0.0393. The molecule has 1 aliphatic rings. The SMILES string of the molecule is COc1nc(N)nc2c1ncn2[C@H]1C=C[C@@H]([PH](C)(CCSSCCOCc2ccccc2)CCSSCCOCc2ccccc2)C1. The van der Waals surface area contributed by atoms with Gasteiger partial charge >= 0.3 is 297 Å². The maximum atomic E-state index is 6.01. The second-order valence-electron chi connectivity index (χ2n) is 11.7. The number of allylic oxidation sites excluding steroid dienone is 2. The number of hydrogen-bond acceptors (Lipinski definition) is 11. The Morgan fingerprint density at radius 2 is 1.38 bits per heavy atom. The van der Waals surface area contributed by atoms with Gasteiger partial charge in [0.05, 0.1) is 0 Å². The van der Waals surface area contributed by atoms with Crippen molar-refractivity contribution in [1.82, 2.24) is 19.5 Å². The second-order valence-corrected chi connectivity index (χ2v) is 22.2. The summed E-state index contributed by atoms with van der Waals surface area (Å²) < 4.78 is 19.4. The number of aromatic nitrogens is 4. The molecule has 5 rings (SSSR count). The molecule has 0 unspecified atom stereocenters. The summed E-state index contributed by atoms with van der Waals surface area (Å²) in [7, 11) is 7.82. The number of hydrogen-bond donors (Lipinski definition) is 1. The number of ether oxygens (including phenoxy) is 3. The Morgan fingerprint density at radius 1 is 0.809 bits per heavy atom. The predicted molar refractivity (Wildman–Crippen MR) is 209 cm³/mol. The molecular formula is C34H46N5O3PS4. The third-order valence-corrected chi connectivity index (χ3v) is 18.9. The van der Waals surface area contributed by atoms with E-state index in [-0.39, 0.29) is 12.0 Å². The summed E-state index contributed by atoms with van der Waals surface area (Å²) in [6.45, 7) is 5.52. The van der Waals surface area contributed by atoms with Crippen LogP contribution in [-0.2, 0) is 22.7 Å². The Labute approximate surface area is 295 Å². The molecule has 2 aromatic heterocycles. The normalized spacial score (nSPS) is 16.6. The second kappa shape index (κ2) is 19.3. The molecule has 0 aliphatic heterocycles. The molecule has 4 aromatic rings. The average Bonchev–Trinajstić information content (AvgIpc) is 3.76. The number of imidazole rings is 1. The molecule has 47 heavy (non-hydrogen) atoms. The summed E-state index contributed by atoms with van der Waals surface area (Å²) in [5.41, 5.74) is 10.4. The molecule has 0 bridgehead atoms. The summed E-state index contributed by atoms with van der Waals surface area (Å²) in [6, 6.07) is 21.0. The van der Waals surface area contributed by atoms with Crippen molar-refractivity contribution in [3.8, 4) is 5.88 Å². The van der Waals surface area contributed by atoms with Gasteiger partial charge in [-0.15, -0.1) is 0 Å². The minimum atomic E-state index is -1.64. The van der Waals surface area contributed by atoms with E-state index in [0.29, 0.717) is 30.3 Å². The first-order valence-corrected chi connectivity index (χ1v) is 24.0. The van der Waals surface area contributed by atoms with Gasteiger partial charge in [-0.05, 0) is 0 Å². The van der Waals surface area contributed by atoms with Crippen molar-refractivity contribution in [2.45, 2.75) is 31.3 Å². The summed E-state index contributed by atoms with van der Waals surface area (Å²) in [6.07, 6.45) is 10.3. The fourth-order valence-corrected chi connectivity index (χ4v) is 16.6. The van der Waals surface area contributed by atoms with Crippen molar-refractivity contribution in [1.29, 1.82) is 0 Å². The molecule has 0 saturated heterocycles. The maximum absolute atomic E-state index is 6.01. The Hall–Kier alpha value is -1.92. The van der Waals surface area contributed by atoms with Crippen molar-refractivity contribution in [3.63, 3.8) is 0 Å². The molecule has 254 valence electrons. The van der Waals surface area contributed by atoms with Gasteiger partial charge in [-0.3, -0.25) is 0 Å². The van der Waals surface area contributed by atoms with Gasteiger partial charge in [0.15, 0.2) is 0 Å². The van der Waals surface area contributed by atoms with E-state index >= 15 is 0 Å². The van der Waals surface area contributed by atoms with Crippen LogP contribution in [0.2, 0.25) is 0 Å². The molecule has 0 radical (unpaired) electrons. The van der Waals surface area contributed by atoms with E-state index in [4.69, 9.17) is 19.9 Å². The molecule has 0 fully saturated rings. The van der Waals surface area contributed by atoms with Gasteiger partial charge in [0.1, 0.15) is 0 Å². The number of fused-ring (bicyclic) bond motifs is 1. The van der Waals surface area contributed by atoms with Gasteiger partial charge in [0, 0.05) is 0 Å². The molecule has 2 atom stereocenters. The summed E-state index contributed by atoms with van der Waals surface area (Å²) in [5, 5.41) is 0. The average molecular weight is 732 g/mol. The summed E-state index contributed by atoms with van der Waals surface area (Å²) in [5.74, 6) is 4.96. The number of nitrogen functional groups attached to an aromatic ring is 1. The Kier molecular flexibility index (Phi) is 14.9. The molecular weight excluding hydrogens is 686 g/mol. The van der Waals surface area contributed by atoms with E-state index in [1.54, 1.807) is 7.11 Å². The van der Waals surface area contributed by atoms with E-state index in [1.165, 1.54) is 35.0 Å². The minimum absolute atomic E-state index is 0.198. The van der Waals surface area contributed by atoms with Crippen molar-refractivity contribution in [3.05, 3.63) is 90.3 Å². The molecule has 0 amide bonds. The Balaban J connectivity index is 1.10. The van der Waals surface area contributed by atoms with Gasteiger partial charge in [0.2, 0.25) is 0 Å². The van der Waals surface area contributed by atoms with E-state index in [1.807, 2.05) is 61.6 Å². The number of benzene rings is 2. The van der Waals surface area contributed by atoms with E-state index in [9.17, 15) is 0 Å². The van der Waals surface area contributed by atoms with Crippen LogP contribution in [0, 0.1) is 0 Å². The van der Waals surface area contributed by atoms with Crippen LogP contribution in [0.5, 0.6) is 5.88 Å². The van der Waals surface area contributed by atoms with E-state index < -0.39 is 7.26 Å². The van der Waals surface area contributed by atoms with Gasteiger partial charge in [-0.2, -0.15) is 0 Å². The summed E-state index contributed by atoms with van der Waals surface area (Å²) in [4.78, 5) is 13.3. The number of anilines is 1. The van der Waals surface area contributed by atoms with Crippen LogP contribution >= 0.6 is 50.4 Å². The molecule has 13 heteroatoms. The Bertz CT molecular complexity index is 1480. The first-order valence-electron chi connectivity index (χ1n) is 16.0. The summed E-state index contributed by atoms with van der Waals surface area (Å²) >= 11 is 0. The molecule has 2 aromatic carbocycles. The van der Waals surface area contributed by atoms with Crippen LogP contribution in [0.3, 0.4) is 0 Å². The zero-order valence-electron chi connectivity index (χ0n) is 27.2. The standard InChI is InChI=1S/C34H46N5O3PS4/c1-40-33-31-32(37-34(35)38-33)39(26-36-31)29-13-14-30(23-29)43(2,17-21-46-44-19-15-41-24-27-9-5-3-6-10-27)18-22-47-45-20-16-42-25-28-11-7-4-8-12-28/h3-14,26,29-30,43H,15-25H2,1-2H3,(H2,35,37,38)/t29-,30+/m0/s1. The van der Waals surface area contributed by atoms with Crippen molar-refractivity contribution in [2.24, 2.45) is 0 Å². The predicted octanol–water partition coefficient (Wildman–Crippen LogP) is 7.86. The topological polar surface area (TPSA) is 97.3 Å². The molecule has 0 saturated carbocycles. The first-order chi connectivity index (χ1) is 23.1. The van der Waals surface area contributed by atoms with Gasteiger partial charge in [-0.1, -0.05) is 0 Å².